The van der Waals surface area contributed by atoms with Crippen molar-refractivity contribution in [1.82, 2.24) is 9.55 Å². The Morgan fingerprint density at radius 1 is 1.10 bits per heavy atom. The number of H-pyrrole nitrogens is 1. The zero-order valence-corrected chi connectivity index (χ0v) is 16.7. The van der Waals surface area contributed by atoms with Crippen LogP contribution in [0.4, 0.5) is 0 Å². The van der Waals surface area contributed by atoms with Gasteiger partial charge in [0, 0.05) is 18.2 Å². The van der Waals surface area contributed by atoms with E-state index in [1.807, 2.05) is 42.5 Å². The van der Waals surface area contributed by atoms with Crippen molar-refractivity contribution in [1.29, 1.82) is 0 Å². The molecule has 0 aliphatic carbocycles. The molecule has 1 saturated heterocycles. The van der Waals surface area contributed by atoms with E-state index in [1.54, 1.807) is 6.92 Å². The molecule has 156 valence electrons. The second-order valence-corrected chi connectivity index (χ2v) is 7.44. The van der Waals surface area contributed by atoms with E-state index >= 15 is 0 Å². The number of nitrogens with one attached hydrogen (secondary N) is 1. The van der Waals surface area contributed by atoms with Gasteiger partial charge < -0.3 is 14.6 Å². The van der Waals surface area contributed by atoms with Gasteiger partial charge in [-0.25, -0.2) is 4.79 Å². The summed E-state index contributed by atoms with van der Waals surface area (Å²) in [6.45, 7) is 1.78. The molecule has 0 spiro atoms. The number of hydrogen-bond donors (Lipinski definition) is 2. The van der Waals surface area contributed by atoms with Crippen molar-refractivity contribution in [2.45, 2.75) is 38.4 Å². The highest BCUT2D eigenvalue weighted by Gasteiger charge is 2.37. The Kier molecular flexibility index (Phi) is 5.94. The molecule has 0 amide bonds. The Morgan fingerprint density at radius 2 is 1.80 bits per heavy atom. The van der Waals surface area contributed by atoms with E-state index in [9.17, 15) is 14.7 Å². The van der Waals surface area contributed by atoms with Gasteiger partial charge in [0.1, 0.15) is 12.3 Å². The van der Waals surface area contributed by atoms with Gasteiger partial charge in [0.05, 0.1) is 19.3 Å². The maximum Gasteiger partial charge on any atom is 0.330 e. The maximum atomic E-state index is 12.1. The van der Waals surface area contributed by atoms with E-state index in [0.717, 1.165) is 16.7 Å². The molecule has 2 aromatic carbocycles. The SMILES string of the molecule is Cc1cn([C@H]2C[C@H](OCc3ccc(-c4ccccc4)cc3)[C@@H](CO)O2)c(=O)[nH]c1=O. The summed E-state index contributed by atoms with van der Waals surface area (Å²) in [5.41, 5.74) is 2.75. The minimum Gasteiger partial charge on any atom is -0.394 e. The predicted octanol–water partition coefficient (Wildman–Crippen LogP) is 2.38. The Bertz CT molecular complexity index is 1100. The molecule has 1 fully saturated rings. The number of benzene rings is 2. The number of rotatable bonds is 6. The topological polar surface area (TPSA) is 93.6 Å². The van der Waals surface area contributed by atoms with Gasteiger partial charge in [-0.3, -0.25) is 14.3 Å². The molecular weight excluding hydrogens is 384 g/mol. The van der Waals surface area contributed by atoms with Gasteiger partial charge in [-0.05, 0) is 23.6 Å². The molecule has 1 aromatic heterocycles. The van der Waals surface area contributed by atoms with Gasteiger partial charge in [-0.1, -0.05) is 54.6 Å². The first-order chi connectivity index (χ1) is 14.5. The Balaban J connectivity index is 1.43. The van der Waals surface area contributed by atoms with Crippen LogP contribution in [0.3, 0.4) is 0 Å². The van der Waals surface area contributed by atoms with Crippen molar-refractivity contribution in [3.8, 4) is 11.1 Å². The summed E-state index contributed by atoms with van der Waals surface area (Å²) in [5, 5.41) is 9.68. The van der Waals surface area contributed by atoms with Gasteiger partial charge >= 0.3 is 5.69 Å². The molecule has 2 heterocycles. The molecule has 1 aliphatic heterocycles. The fourth-order valence-electron chi connectivity index (χ4n) is 3.64. The molecule has 0 unspecified atom stereocenters. The average Bonchev–Trinajstić information content (AvgIpc) is 3.19. The molecule has 7 heteroatoms. The number of aliphatic hydroxyl groups excluding tert-OH is 1. The summed E-state index contributed by atoms with van der Waals surface area (Å²) in [6.07, 6.45) is 0.366. The molecule has 3 aromatic rings. The minimum atomic E-state index is -0.601. The van der Waals surface area contributed by atoms with Gasteiger partial charge in [-0.2, -0.15) is 0 Å². The zero-order chi connectivity index (χ0) is 21.1. The number of aromatic amines is 1. The lowest BCUT2D eigenvalue weighted by Gasteiger charge is -2.16. The molecular formula is C23H24N2O5. The first-order valence-corrected chi connectivity index (χ1v) is 9.89. The largest absolute Gasteiger partial charge is 0.394 e. The van der Waals surface area contributed by atoms with Crippen molar-refractivity contribution in [3.63, 3.8) is 0 Å². The summed E-state index contributed by atoms with van der Waals surface area (Å²) in [4.78, 5) is 26.0. The maximum absolute atomic E-state index is 12.1. The predicted molar refractivity (Wildman–Crippen MR) is 112 cm³/mol. The van der Waals surface area contributed by atoms with Crippen LogP contribution in [0, 0.1) is 6.92 Å². The van der Waals surface area contributed by atoms with Crippen LogP contribution in [0.25, 0.3) is 11.1 Å². The second kappa shape index (κ2) is 8.79. The van der Waals surface area contributed by atoms with Crippen molar-refractivity contribution >= 4 is 0 Å². The lowest BCUT2D eigenvalue weighted by atomic mass is 10.0. The summed E-state index contributed by atoms with van der Waals surface area (Å²) in [7, 11) is 0. The third kappa shape index (κ3) is 4.28. The van der Waals surface area contributed by atoms with Crippen molar-refractivity contribution in [3.05, 3.63) is 92.8 Å². The molecule has 0 saturated carbocycles. The first-order valence-electron chi connectivity index (χ1n) is 9.89. The highest BCUT2D eigenvalue weighted by Crippen LogP contribution is 2.30. The van der Waals surface area contributed by atoms with Crippen LogP contribution in [-0.4, -0.2) is 33.5 Å². The molecule has 1 aliphatic rings. The van der Waals surface area contributed by atoms with E-state index in [-0.39, 0.29) is 12.7 Å². The molecule has 2 N–H and O–H groups in total. The van der Waals surface area contributed by atoms with Crippen molar-refractivity contribution in [2.75, 3.05) is 6.61 Å². The fourth-order valence-corrected chi connectivity index (χ4v) is 3.64. The summed E-state index contributed by atoms with van der Waals surface area (Å²) < 4.78 is 13.2. The van der Waals surface area contributed by atoms with Gasteiger partial charge in [0.2, 0.25) is 0 Å². The van der Waals surface area contributed by atoms with Crippen LogP contribution >= 0.6 is 0 Å². The minimum absolute atomic E-state index is 0.217. The van der Waals surface area contributed by atoms with Gasteiger partial charge in [-0.15, -0.1) is 0 Å². The summed E-state index contributed by atoms with van der Waals surface area (Å²) in [5.74, 6) is 0. The third-order valence-electron chi connectivity index (χ3n) is 5.34. The molecule has 0 bridgehead atoms. The highest BCUT2D eigenvalue weighted by molar-refractivity contribution is 5.63. The van der Waals surface area contributed by atoms with E-state index in [4.69, 9.17) is 9.47 Å². The number of ether oxygens (including phenoxy) is 2. The lowest BCUT2D eigenvalue weighted by Crippen LogP contribution is -2.33. The number of aliphatic hydroxyl groups is 1. The van der Waals surface area contributed by atoms with E-state index in [0.29, 0.717) is 18.6 Å². The van der Waals surface area contributed by atoms with E-state index < -0.39 is 23.6 Å². The number of aromatic nitrogens is 2. The number of nitrogens with zero attached hydrogens (tertiary/aromatic N) is 1. The molecule has 7 nitrogen and oxygen atoms in total. The van der Waals surface area contributed by atoms with Crippen LogP contribution in [-0.2, 0) is 16.1 Å². The van der Waals surface area contributed by atoms with E-state index in [1.165, 1.54) is 10.8 Å². The standard InChI is InChI=1S/C23H24N2O5/c1-15-12-25(23(28)24-22(15)27)21-11-19(20(13-26)30-21)29-14-16-7-9-18(10-8-16)17-5-3-2-4-6-17/h2-10,12,19-21,26H,11,13-14H2,1H3,(H,24,27,28)/t19-,20+,21+/m0/s1. The molecule has 4 rings (SSSR count). The fraction of sp³-hybridized carbons (Fsp3) is 0.304. The Morgan fingerprint density at radius 3 is 2.50 bits per heavy atom. The Hall–Kier alpha value is -3.00. The monoisotopic (exact) mass is 408 g/mol. The molecule has 30 heavy (non-hydrogen) atoms. The number of aryl methyl sites for hydroxylation is 1. The normalized spacial score (nSPS) is 21.1. The first kappa shape index (κ1) is 20.3. The van der Waals surface area contributed by atoms with Crippen LogP contribution in [0.15, 0.2) is 70.4 Å². The van der Waals surface area contributed by atoms with Gasteiger partial charge in [0.15, 0.2) is 0 Å². The van der Waals surface area contributed by atoms with Crippen LogP contribution in [0.2, 0.25) is 0 Å². The van der Waals surface area contributed by atoms with Crippen LogP contribution < -0.4 is 11.2 Å². The highest BCUT2D eigenvalue weighted by atomic mass is 16.6. The van der Waals surface area contributed by atoms with Crippen molar-refractivity contribution < 1.29 is 14.6 Å². The average molecular weight is 408 g/mol. The smallest absolute Gasteiger partial charge is 0.330 e. The third-order valence-corrected chi connectivity index (χ3v) is 5.34. The Labute approximate surface area is 173 Å². The molecule has 3 atom stereocenters. The summed E-state index contributed by atoms with van der Waals surface area (Å²) >= 11 is 0. The quantitative estimate of drug-likeness (QED) is 0.653. The lowest BCUT2D eigenvalue weighted by molar-refractivity contribution is -0.0658. The summed E-state index contributed by atoms with van der Waals surface area (Å²) in [6, 6.07) is 18.3. The second-order valence-electron chi connectivity index (χ2n) is 7.44. The zero-order valence-electron chi connectivity index (χ0n) is 16.7. The van der Waals surface area contributed by atoms with Crippen LogP contribution in [0.5, 0.6) is 0 Å². The van der Waals surface area contributed by atoms with Crippen LogP contribution in [0.1, 0.15) is 23.8 Å². The van der Waals surface area contributed by atoms with Crippen molar-refractivity contribution in [2.24, 2.45) is 0 Å². The number of hydrogen-bond acceptors (Lipinski definition) is 5. The van der Waals surface area contributed by atoms with Gasteiger partial charge in [0.25, 0.3) is 5.56 Å². The van der Waals surface area contributed by atoms with E-state index in [2.05, 4.69) is 17.1 Å². The molecule has 0 radical (unpaired) electrons.